The molecule has 0 bridgehead atoms. The number of carbonyl (C=O) groups excluding carboxylic acids is 1. The summed E-state index contributed by atoms with van der Waals surface area (Å²) in [6, 6.07) is 10.6. The Balaban J connectivity index is 1.97. The highest BCUT2D eigenvalue weighted by Gasteiger charge is 2.15. The minimum atomic E-state index is -0.429. The Labute approximate surface area is 141 Å². The van der Waals surface area contributed by atoms with Gasteiger partial charge in [0, 0.05) is 6.54 Å². The second-order valence-corrected chi connectivity index (χ2v) is 6.99. The van der Waals surface area contributed by atoms with Crippen molar-refractivity contribution in [3.8, 4) is 0 Å². The highest BCUT2D eigenvalue weighted by atomic mass is 16.6. The molecule has 0 fully saturated rings. The summed E-state index contributed by atoms with van der Waals surface area (Å²) in [5.41, 5.74) is 0.969. The smallest absolute Gasteiger partial charge is 0.407 e. The molecule has 0 radical (unpaired) electrons. The molecule has 1 unspecified atom stereocenters. The van der Waals surface area contributed by atoms with Gasteiger partial charge in [0.25, 0.3) is 0 Å². The molecule has 1 rings (SSSR count). The second-order valence-electron chi connectivity index (χ2n) is 6.99. The zero-order valence-electron chi connectivity index (χ0n) is 15.0. The molecule has 0 aliphatic carbocycles. The first-order valence-corrected chi connectivity index (χ1v) is 8.61. The van der Waals surface area contributed by atoms with Crippen LogP contribution in [-0.2, 0) is 4.74 Å². The van der Waals surface area contributed by atoms with E-state index in [1.165, 1.54) is 5.56 Å². The van der Waals surface area contributed by atoms with Crippen molar-refractivity contribution in [3.05, 3.63) is 35.9 Å². The van der Waals surface area contributed by atoms with Gasteiger partial charge in [0.05, 0.1) is 0 Å². The van der Waals surface area contributed by atoms with Crippen molar-refractivity contribution in [1.29, 1.82) is 0 Å². The lowest BCUT2D eigenvalue weighted by Crippen LogP contribution is -2.33. The van der Waals surface area contributed by atoms with Crippen LogP contribution in [0.15, 0.2) is 30.3 Å². The van der Waals surface area contributed by atoms with Crippen LogP contribution in [0, 0.1) is 0 Å². The third-order valence-electron chi connectivity index (χ3n) is 3.57. The largest absolute Gasteiger partial charge is 0.444 e. The van der Waals surface area contributed by atoms with Crippen molar-refractivity contribution in [3.63, 3.8) is 0 Å². The minimum absolute atomic E-state index is 0.331. The third-order valence-corrected chi connectivity index (χ3v) is 3.57. The Morgan fingerprint density at radius 1 is 1.09 bits per heavy atom. The molecule has 0 saturated carbocycles. The van der Waals surface area contributed by atoms with Crippen molar-refractivity contribution in [2.45, 2.75) is 58.5 Å². The average molecular weight is 320 g/mol. The highest BCUT2D eigenvalue weighted by molar-refractivity contribution is 5.67. The second kappa shape index (κ2) is 10.3. The van der Waals surface area contributed by atoms with Crippen LogP contribution in [0.2, 0.25) is 0 Å². The molecule has 0 heterocycles. The van der Waals surface area contributed by atoms with E-state index in [-0.39, 0.29) is 6.09 Å². The van der Waals surface area contributed by atoms with E-state index in [4.69, 9.17) is 4.74 Å². The molecule has 4 heteroatoms. The maximum Gasteiger partial charge on any atom is 0.407 e. The van der Waals surface area contributed by atoms with Crippen molar-refractivity contribution in [2.24, 2.45) is 0 Å². The number of rotatable bonds is 9. The number of unbranched alkanes of at least 4 members (excludes halogenated alkanes) is 1. The monoisotopic (exact) mass is 320 g/mol. The number of benzene rings is 1. The summed E-state index contributed by atoms with van der Waals surface area (Å²) in [6.07, 6.45) is 2.82. The fraction of sp³-hybridized carbons (Fsp3) is 0.632. The van der Waals surface area contributed by atoms with E-state index in [1.54, 1.807) is 0 Å². The van der Waals surface area contributed by atoms with E-state index in [0.29, 0.717) is 12.5 Å². The number of alkyl carbamates (subject to hydrolysis) is 1. The van der Waals surface area contributed by atoms with E-state index in [0.717, 1.165) is 32.4 Å². The summed E-state index contributed by atoms with van der Waals surface area (Å²) in [7, 11) is 0. The van der Waals surface area contributed by atoms with E-state index in [9.17, 15) is 4.79 Å². The van der Waals surface area contributed by atoms with Crippen LogP contribution in [0.4, 0.5) is 4.79 Å². The first-order chi connectivity index (χ1) is 10.9. The van der Waals surface area contributed by atoms with Crippen LogP contribution < -0.4 is 10.6 Å². The summed E-state index contributed by atoms with van der Waals surface area (Å²) >= 11 is 0. The van der Waals surface area contributed by atoms with Crippen LogP contribution in [0.1, 0.15) is 58.4 Å². The fourth-order valence-corrected chi connectivity index (χ4v) is 2.27. The molecule has 130 valence electrons. The van der Waals surface area contributed by atoms with Crippen LogP contribution in [0.5, 0.6) is 0 Å². The molecule has 1 aromatic rings. The van der Waals surface area contributed by atoms with E-state index >= 15 is 0 Å². The van der Waals surface area contributed by atoms with E-state index < -0.39 is 5.60 Å². The molecule has 0 aromatic heterocycles. The summed E-state index contributed by atoms with van der Waals surface area (Å²) in [5.74, 6) is 0.581. The quantitative estimate of drug-likeness (QED) is 0.674. The van der Waals surface area contributed by atoms with E-state index in [2.05, 4.69) is 47.9 Å². The Morgan fingerprint density at radius 3 is 2.39 bits per heavy atom. The molecule has 1 atom stereocenters. The molecule has 1 aromatic carbocycles. The van der Waals surface area contributed by atoms with Crippen molar-refractivity contribution >= 4 is 6.09 Å². The Hall–Kier alpha value is -1.55. The lowest BCUT2D eigenvalue weighted by Gasteiger charge is -2.19. The van der Waals surface area contributed by atoms with Gasteiger partial charge in [-0.25, -0.2) is 4.79 Å². The maximum absolute atomic E-state index is 11.5. The highest BCUT2D eigenvalue weighted by Crippen LogP contribution is 2.17. The van der Waals surface area contributed by atoms with E-state index in [1.807, 2.05) is 20.8 Å². The molecule has 0 aliphatic rings. The molecule has 23 heavy (non-hydrogen) atoms. The van der Waals surface area contributed by atoms with Gasteiger partial charge < -0.3 is 15.4 Å². The SMILES string of the molecule is CC(CCNCCCCNC(=O)OC(C)(C)C)c1ccccc1. The van der Waals surface area contributed by atoms with Gasteiger partial charge in [-0.15, -0.1) is 0 Å². The number of nitrogens with one attached hydrogen (secondary N) is 2. The molecule has 4 nitrogen and oxygen atoms in total. The van der Waals surface area contributed by atoms with Crippen molar-refractivity contribution < 1.29 is 9.53 Å². The summed E-state index contributed by atoms with van der Waals surface area (Å²) in [5, 5.41) is 6.25. The van der Waals surface area contributed by atoms with Crippen LogP contribution in [0.3, 0.4) is 0 Å². The molecule has 0 aliphatic heterocycles. The van der Waals surface area contributed by atoms with Crippen LogP contribution >= 0.6 is 0 Å². The number of amides is 1. The normalized spacial score (nSPS) is 12.7. The molecule has 1 amide bonds. The fourth-order valence-electron chi connectivity index (χ4n) is 2.27. The Bertz CT molecular complexity index is 440. The van der Waals surface area contributed by atoms with Crippen molar-refractivity contribution in [1.82, 2.24) is 10.6 Å². The zero-order valence-corrected chi connectivity index (χ0v) is 15.0. The number of ether oxygens (including phenoxy) is 1. The average Bonchev–Trinajstić information content (AvgIpc) is 2.48. The van der Waals surface area contributed by atoms with Gasteiger partial charge in [-0.1, -0.05) is 37.3 Å². The lowest BCUT2D eigenvalue weighted by atomic mass is 9.98. The number of hydrogen-bond donors (Lipinski definition) is 2. The number of hydrogen-bond acceptors (Lipinski definition) is 3. The van der Waals surface area contributed by atoms with Crippen LogP contribution in [0.25, 0.3) is 0 Å². The van der Waals surface area contributed by atoms with Gasteiger partial charge in [0.1, 0.15) is 5.60 Å². The summed E-state index contributed by atoms with van der Waals surface area (Å²) in [4.78, 5) is 11.5. The predicted octanol–water partition coefficient (Wildman–Crippen LogP) is 4.07. The van der Waals surface area contributed by atoms with Gasteiger partial charge in [0.2, 0.25) is 0 Å². The zero-order chi connectivity index (χ0) is 17.1. The van der Waals surface area contributed by atoms with Crippen LogP contribution in [-0.4, -0.2) is 31.3 Å². The topological polar surface area (TPSA) is 50.4 Å². The van der Waals surface area contributed by atoms with Gasteiger partial charge in [-0.2, -0.15) is 0 Å². The Kier molecular flexibility index (Phi) is 8.70. The summed E-state index contributed by atoms with van der Waals surface area (Å²) in [6.45, 7) is 10.5. The van der Waals surface area contributed by atoms with Gasteiger partial charge in [-0.3, -0.25) is 0 Å². The predicted molar refractivity (Wildman–Crippen MR) is 95.8 cm³/mol. The van der Waals surface area contributed by atoms with Gasteiger partial charge in [-0.05, 0) is 64.6 Å². The van der Waals surface area contributed by atoms with Crippen molar-refractivity contribution in [2.75, 3.05) is 19.6 Å². The molecule has 0 saturated heterocycles. The van der Waals surface area contributed by atoms with Gasteiger partial charge in [0.15, 0.2) is 0 Å². The number of carbonyl (C=O) groups is 1. The van der Waals surface area contributed by atoms with Gasteiger partial charge >= 0.3 is 6.09 Å². The third kappa shape index (κ3) is 9.95. The molecule has 0 spiro atoms. The molecular weight excluding hydrogens is 288 g/mol. The maximum atomic E-state index is 11.5. The molecular formula is C19H32N2O2. The summed E-state index contributed by atoms with van der Waals surface area (Å²) < 4.78 is 5.19. The Morgan fingerprint density at radius 2 is 1.74 bits per heavy atom. The standard InChI is InChI=1S/C19H32N2O2/c1-16(17-10-6-5-7-11-17)12-15-20-13-8-9-14-21-18(22)23-19(2,3)4/h5-7,10-11,16,20H,8-9,12-15H2,1-4H3,(H,21,22). The lowest BCUT2D eigenvalue weighted by molar-refractivity contribution is 0.0527. The first-order valence-electron chi connectivity index (χ1n) is 8.61. The first kappa shape index (κ1) is 19.5. The minimum Gasteiger partial charge on any atom is -0.444 e. The molecule has 2 N–H and O–H groups in total.